The number of benzene rings is 2. The quantitative estimate of drug-likeness (QED) is 0.490. The van der Waals surface area contributed by atoms with E-state index in [-0.39, 0.29) is 37.3 Å². The second kappa shape index (κ2) is 9.88. The third-order valence-electron chi connectivity index (χ3n) is 4.73. The van der Waals surface area contributed by atoms with Gasteiger partial charge in [0.25, 0.3) is 11.8 Å². The van der Waals surface area contributed by atoms with Crippen LogP contribution in [0.2, 0.25) is 0 Å². The number of carbonyl (C=O) groups is 4. The van der Waals surface area contributed by atoms with Crippen LogP contribution in [0.3, 0.4) is 0 Å². The highest BCUT2D eigenvalue weighted by Crippen LogP contribution is 2.27. The van der Waals surface area contributed by atoms with Crippen molar-refractivity contribution < 1.29 is 28.7 Å². The van der Waals surface area contributed by atoms with Gasteiger partial charge in [-0.3, -0.25) is 19.3 Å². The first-order valence-corrected chi connectivity index (χ1v) is 10.1. The molecule has 0 saturated heterocycles. The Bertz CT molecular complexity index is 982. The van der Waals surface area contributed by atoms with Gasteiger partial charge in [-0.15, -0.1) is 0 Å². The first-order valence-electron chi connectivity index (χ1n) is 10.1. The highest BCUT2D eigenvalue weighted by Gasteiger charge is 2.34. The summed E-state index contributed by atoms with van der Waals surface area (Å²) in [5, 5.41) is 2.75. The van der Waals surface area contributed by atoms with E-state index in [1.165, 1.54) is 6.07 Å². The number of ether oxygens (including phenoxy) is 2. The lowest BCUT2D eigenvalue weighted by molar-refractivity contribution is -0.116. The Morgan fingerprint density at radius 3 is 2.26 bits per heavy atom. The van der Waals surface area contributed by atoms with Crippen molar-refractivity contribution in [3.05, 3.63) is 59.2 Å². The zero-order valence-corrected chi connectivity index (χ0v) is 17.5. The van der Waals surface area contributed by atoms with Crippen molar-refractivity contribution >= 4 is 29.4 Å². The second-order valence-corrected chi connectivity index (χ2v) is 6.82. The summed E-state index contributed by atoms with van der Waals surface area (Å²) in [4.78, 5) is 50.2. The van der Waals surface area contributed by atoms with Crippen LogP contribution in [-0.4, -0.2) is 48.3 Å². The van der Waals surface area contributed by atoms with Gasteiger partial charge in [0.2, 0.25) is 5.91 Å². The van der Waals surface area contributed by atoms with Crippen LogP contribution in [-0.2, 0) is 9.53 Å². The fourth-order valence-electron chi connectivity index (χ4n) is 3.29. The first kappa shape index (κ1) is 22.0. The molecular weight excluding hydrogens is 400 g/mol. The zero-order valence-electron chi connectivity index (χ0n) is 17.5. The predicted octanol–water partition coefficient (Wildman–Crippen LogP) is 3.28. The molecule has 1 aliphatic rings. The Morgan fingerprint density at radius 2 is 1.65 bits per heavy atom. The lowest BCUT2D eigenvalue weighted by atomic mass is 10.1. The minimum atomic E-state index is -0.470. The normalized spacial score (nSPS) is 12.5. The molecule has 0 aliphatic carbocycles. The maximum Gasteiger partial charge on any atom is 0.338 e. The van der Waals surface area contributed by atoms with Gasteiger partial charge in [0.1, 0.15) is 5.75 Å². The highest BCUT2D eigenvalue weighted by molar-refractivity contribution is 6.21. The Hall–Kier alpha value is -3.68. The highest BCUT2D eigenvalue weighted by atomic mass is 16.5. The number of esters is 1. The molecular formula is C23H24N2O6. The van der Waals surface area contributed by atoms with Crippen molar-refractivity contribution in [1.29, 1.82) is 0 Å². The van der Waals surface area contributed by atoms with Crippen LogP contribution < -0.4 is 10.1 Å². The smallest absolute Gasteiger partial charge is 0.338 e. The average molecular weight is 424 g/mol. The molecule has 0 radical (unpaired) electrons. The molecule has 1 N–H and O–H groups in total. The number of nitrogens with zero attached hydrogens (tertiary/aromatic N) is 1. The maximum absolute atomic E-state index is 12.4. The fraction of sp³-hybridized carbons (Fsp3) is 0.304. The van der Waals surface area contributed by atoms with Gasteiger partial charge in [-0.25, -0.2) is 4.79 Å². The standard InChI is InChI=1S/C23H24N2O6/c1-3-30-19-14-15(23(29)31-4-2)11-12-18(19)24-20(26)10-7-13-25-21(27)16-8-5-6-9-17(16)22(25)28/h5-6,8-9,11-12,14H,3-4,7,10,13H2,1-2H3,(H,24,26). The fourth-order valence-corrected chi connectivity index (χ4v) is 3.29. The van der Waals surface area contributed by atoms with Crippen LogP contribution >= 0.6 is 0 Å². The zero-order chi connectivity index (χ0) is 22.4. The summed E-state index contributed by atoms with van der Waals surface area (Å²) in [5.74, 6) is -1.08. The molecule has 3 rings (SSSR count). The third-order valence-corrected chi connectivity index (χ3v) is 4.73. The van der Waals surface area contributed by atoms with Crippen LogP contribution in [0, 0.1) is 0 Å². The molecule has 8 heteroatoms. The lowest BCUT2D eigenvalue weighted by Crippen LogP contribution is -2.31. The number of amides is 3. The van der Waals surface area contributed by atoms with Crippen molar-refractivity contribution in [2.24, 2.45) is 0 Å². The van der Waals surface area contributed by atoms with Crippen LogP contribution in [0.4, 0.5) is 5.69 Å². The van der Waals surface area contributed by atoms with Crippen molar-refractivity contribution in [3.8, 4) is 5.75 Å². The van der Waals surface area contributed by atoms with Crippen LogP contribution in [0.1, 0.15) is 57.8 Å². The summed E-state index contributed by atoms with van der Waals surface area (Å²) in [7, 11) is 0. The number of rotatable bonds is 9. The van der Waals surface area contributed by atoms with Gasteiger partial charge in [-0.05, 0) is 50.6 Å². The number of carbonyl (C=O) groups excluding carboxylic acids is 4. The van der Waals surface area contributed by atoms with E-state index in [0.717, 1.165) is 4.90 Å². The number of fused-ring (bicyclic) bond motifs is 1. The minimum absolute atomic E-state index is 0.110. The van der Waals surface area contributed by atoms with Gasteiger partial charge in [0.05, 0.1) is 35.6 Å². The van der Waals surface area contributed by atoms with E-state index in [1.54, 1.807) is 50.2 Å². The lowest BCUT2D eigenvalue weighted by Gasteiger charge is -2.15. The molecule has 1 heterocycles. The molecule has 162 valence electrons. The molecule has 0 unspecified atom stereocenters. The molecule has 0 atom stereocenters. The monoisotopic (exact) mass is 424 g/mol. The molecule has 31 heavy (non-hydrogen) atoms. The minimum Gasteiger partial charge on any atom is -0.492 e. The Morgan fingerprint density at radius 1 is 0.968 bits per heavy atom. The van der Waals surface area contributed by atoms with Gasteiger partial charge >= 0.3 is 5.97 Å². The molecule has 8 nitrogen and oxygen atoms in total. The first-order chi connectivity index (χ1) is 15.0. The van der Waals surface area contributed by atoms with Crippen LogP contribution in [0.5, 0.6) is 5.75 Å². The van der Waals surface area contributed by atoms with Crippen molar-refractivity contribution in [2.75, 3.05) is 25.1 Å². The van der Waals surface area contributed by atoms with E-state index >= 15 is 0 Å². The molecule has 0 fully saturated rings. The van der Waals surface area contributed by atoms with Crippen LogP contribution in [0.25, 0.3) is 0 Å². The molecule has 0 saturated carbocycles. The van der Waals surface area contributed by atoms with Crippen molar-refractivity contribution in [2.45, 2.75) is 26.7 Å². The van der Waals surface area contributed by atoms with E-state index < -0.39 is 5.97 Å². The van der Waals surface area contributed by atoms with Crippen LogP contribution in [0.15, 0.2) is 42.5 Å². The van der Waals surface area contributed by atoms with Gasteiger partial charge in [-0.2, -0.15) is 0 Å². The van der Waals surface area contributed by atoms with E-state index in [4.69, 9.17) is 9.47 Å². The summed E-state index contributed by atoms with van der Waals surface area (Å²) in [6.45, 7) is 4.28. The molecule has 0 bridgehead atoms. The van der Waals surface area contributed by atoms with E-state index in [9.17, 15) is 19.2 Å². The van der Waals surface area contributed by atoms with Gasteiger partial charge in [0, 0.05) is 13.0 Å². The SMILES string of the molecule is CCOC(=O)c1ccc(NC(=O)CCCN2C(=O)c3ccccc3C2=O)c(OCC)c1. The van der Waals surface area contributed by atoms with E-state index in [0.29, 0.717) is 41.2 Å². The molecule has 0 spiro atoms. The number of nitrogens with one attached hydrogen (secondary N) is 1. The van der Waals surface area contributed by atoms with Gasteiger partial charge in [0.15, 0.2) is 0 Å². The van der Waals surface area contributed by atoms with E-state index in [2.05, 4.69) is 5.32 Å². The topological polar surface area (TPSA) is 102 Å². The summed E-state index contributed by atoms with van der Waals surface area (Å²) < 4.78 is 10.5. The van der Waals surface area contributed by atoms with Crippen molar-refractivity contribution in [3.63, 3.8) is 0 Å². The molecule has 2 aromatic rings. The third kappa shape index (κ3) is 4.91. The summed E-state index contributed by atoms with van der Waals surface area (Å²) in [6.07, 6.45) is 0.431. The Labute approximate surface area is 180 Å². The largest absolute Gasteiger partial charge is 0.492 e. The summed E-state index contributed by atoms with van der Waals surface area (Å²) in [6, 6.07) is 11.3. The molecule has 1 aliphatic heterocycles. The molecule has 3 amide bonds. The predicted molar refractivity (Wildman–Crippen MR) is 113 cm³/mol. The number of anilines is 1. The maximum atomic E-state index is 12.4. The second-order valence-electron chi connectivity index (χ2n) is 6.82. The number of hydrogen-bond donors (Lipinski definition) is 1. The van der Waals surface area contributed by atoms with Gasteiger partial charge in [-0.1, -0.05) is 12.1 Å². The number of hydrogen-bond acceptors (Lipinski definition) is 6. The molecule has 2 aromatic carbocycles. The summed E-state index contributed by atoms with van der Waals surface area (Å²) >= 11 is 0. The van der Waals surface area contributed by atoms with Crippen molar-refractivity contribution in [1.82, 2.24) is 4.90 Å². The summed E-state index contributed by atoms with van der Waals surface area (Å²) in [5.41, 5.74) is 1.54. The Balaban J connectivity index is 1.58. The number of imide groups is 1. The molecule has 0 aromatic heterocycles. The average Bonchev–Trinajstić information content (AvgIpc) is 3.00. The Kier molecular flexibility index (Phi) is 7.02. The van der Waals surface area contributed by atoms with E-state index in [1.807, 2.05) is 0 Å². The van der Waals surface area contributed by atoms with Gasteiger partial charge < -0.3 is 14.8 Å².